The van der Waals surface area contributed by atoms with Gasteiger partial charge in [0.1, 0.15) is 17.1 Å². The maximum absolute atomic E-state index is 10.7. The zero-order chi connectivity index (χ0) is 14.1. The minimum Gasteiger partial charge on any atom is -0.457 e. The number of nitro benzene ring substituents is 1. The molecule has 6 heteroatoms. The highest BCUT2D eigenvalue weighted by Gasteiger charge is 2.09. The Morgan fingerprint density at radius 1 is 1.25 bits per heavy atom. The van der Waals surface area contributed by atoms with Crippen molar-refractivity contribution in [2.75, 3.05) is 0 Å². The van der Waals surface area contributed by atoms with Gasteiger partial charge in [0, 0.05) is 36.8 Å². The molecule has 0 bridgehead atoms. The highest BCUT2D eigenvalue weighted by atomic mass is 16.6. The van der Waals surface area contributed by atoms with Gasteiger partial charge in [0.25, 0.3) is 5.69 Å². The number of aromatic nitrogens is 2. The van der Waals surface area contributed by atoms with E-state index in [0.29, 0.717) is 17.1 Å². The van der Waals surface area contributed by atoms with Crippen LogP contribution in [0.15, 0.2) is 48.9 Å². The van der Waals surface area contributed by atoms with E-state index in [0.717, 1.165) is 5.65 Å². The number of pyridine rings is 1. The van der Waals surface area contributed by atoms with E-state index in [1.165, 1.54) is 12.1 Å². The standard InChI is InChI=1S/C14H11N3O3/c1-10-8-11(17(18)19)2-3-13(10)20-12-4-6-16-7-5-15-14(16)9-12/h2-9H,1H3. The number of non-ortho nitro benzene ring substituents is 1. The smallest absolute Gasteiger partial charge is 0.269 e. The van der Waals surface area contributed by atoms with Gasteiger partial charge in [-0.05, 0) is 24.6 Å². The van der Waals surface area contributed by atoms with E-state index in [-0.39, 0.29) is 5.69 Å². The molecule has 0 radical (unpaired) electrons. The van der Waals surface area contributed by atoms with Crippen molar-refractivity contribution in [3.63, 3.8) is 0 Å². The van der Waals surface area contributed by atoms with E-state index in [1.54, 1.807) is 25.3 Å². The van der Waals surface area contributed by atoms with E-state index in [9.17, 15) is 10.1 Å². The van der Waals surface area contributed by atoms with Gasteiger partial charge < -0.3 is 9.14 Å². The van der Waals surface area contributed by atoms with E-state index in [4.69, 9.17) is 4.74 Å². The van der Waals surface area contributed by atoms with Crippen LogP contribution in [-0.2, 0) is 0 Å². The zero-order valence-corrected chi connectivity index (χ0v) is 10.7. The maximum Gasteiger partial charge on any atom is 0.269 e. The van der Waals surface area contributed by atoms with Crippen LogP contribution in [0.3, 0.4) is 0 Å². The number of nitro groups is 1. The number of ether oxygens (including phenoxy) is 1. The van der Waals surface area contributed by atoms with Crippen LogP contribution in [0.4, 0.5) is 5.69 Å². The molecular weight excluding hydrogens is 258 g/mol. The Bertz CT molecular complexity index is 795. The predicted molar refractivity (Wildman–Crippen MR) is 73.1 cm³/mol. The molecule has 0 aliphatic rings. The fourth-order valence-electron chi connectivity index (χ4n) is 1.94. The fourth-order valence-corrected chi connectivity index (χ4v) is 1.94. The minimum absolute atomic E-state index is 0.0542. The third-order valence-corrected chi connectivity index (χ3v) is 2.97. The molecule has 100 valence electrons. The average Bonchev–Trinajstić information content (AvgIpc) is 2.88. The molecule has 0 unspecified atom stereocenters. The Morgan fingerprint density at radius 2 is 2.10 bits per heavy atom. The second-order valence-corrected chi connectivity index (χ2v) is 4.36. The number of benzene rings is 1. The topological polar surface area (TPSA) is 69.7 Å². The Balaban J connectivity index is 1.92. The number of hydrogen-bond donors (Lipinski definition) is 0. The molecule has 3 aromatic rings. The summed E-state index contributed by atoms with van der Waals surface area (Å²) >= 11 is 0. The van der Waals surface area contributed by atoms with Crippen molar-refractivity contribution >= 4 is 11.3 Å². The Morgan fingerprint density at radius 3 is 2.85 bits per heavy atom. The number of rotatable bonds is 3. The summed E-state index contributed by atoms with van der Waals surface area (Å²) < 4.78 is 7.62. The van der Waals surface area contributed by atoms with Crippen molar-refractivity contribution in [3.05, 3.63) is 64.6 Å². The van der Waals surface area contributed by atoms with Gasteiger partial charge in [-0.15, -0.1) is 0 Å². The molecule has 2 aromatic heterocycles. The molecule has 0 saturated carbocycles. The van der Waals surface area contributed by atoms with Gasteiger partial charge >= 0.3 is 0 Å². The van der Waals surface area contributed by atoms with Crippen LogP contribution >= 0.6 is 0 Å². The molecule has 0 amide bonds. The highest BCUT2D eigenvalue weighted by molar-refractivity contribution is 5.48. The molecule has 0 saturated heterocycles. The van der Waals surface area contributed by atoms with Crippen molar-refractivity contribution in [2.24, 2.45) is 0 Å². The molecule has 0 aliphatic carbocycles. The lowest BCUT2D eigenvalue weighted by molar-refractivity contribution is -0.384. The first-order chi connectivity index (χ1) is 9.63. The van der Waals surface area contributed by atoms with Gasteiger partial charge in [0.2, 0.25) is 0 Å². The van der Waals surface area contributed by atoms with Gasteiger partial charge in [-0.1, -0.05) is 0 Å². The van der Waals surface area contributed by atoms with Gasteiger partial charge in [0.05, 0.1) is 4.92 Å². The molecule has 3 rings (SSSR count). The molecule has 0 fully saturated rings. The number of fused-ring (bicyclic) bond motifs is 1. The maximum atomic E-state index is 10.7. The SMILES string of the molecule is Cc1cc([N+](=O)[O-])ccc1Oc1ccn2ccnc2c1. The Hall–Kier alpha value is -2.89. The Kier molecular flexibility index (Phi) is 2.83. The summed E-state index contributed by atoms with van der Waals surface area (Å²) in [6.45, 7) is 1.77. The van der Waals surface area contributed by atoms with Gasteiger partial charge in [-0.2, -0.15) is 0 Å². The first kappa shape index (κ1) is 12.2. The first-order valence-corrected chi connectivity index (χ1v) is 5.99. The number of hydrogen-bond acceptors (Lipinski definition) is 4. The Labute approximate surface area is 114 Å². The average molecular weight is 269 g/mol. The molecule has 6 nitrogen and oxygen atoms in total. The second-order valence-electron chi connectivity index (χ2n) is 4.36. The molecule has 0 spiro atoms. The minimum atomic E-state index is -0.423. The summed E-state index contributed by atoms with van der Waals surface area (Å²) in [4.78, 5) is 14.4. The summed E-state index contributed by atoms with van der Waals surface area (Å²) in [7, 11) is 0. The number of nitrogens with zero attached hydrogens (tertiary/aromatic N) is 3. The van der Waals surface area contributed by atoms with Crippen molar-refractivity contribution in [2.45, 2.75) is 6.92 Å². The van der Waals surface area contributed by atoms with Crippen LogP contribution in [0.1, 0.15) is 5.56 Å². The molecule has 0 N–H and O–H groups in total. The van der Waals surface area contributed by atoms with E-state index in [1.807, 2.05) is 22.9 Å². The van der Waals surface area contributed by atoms with Crippen LogP contribution in [0, 0.1) is 17.0 Å². The third kappa shape index (κ3) is 2.18. The van der Waals surface area contributed by atoms with Crippen LogP contribution in [-0.4, -0.2) is 14.3 Å². The fraction of sp³-hybridized carbons (Fsp3) is 0.0714. The van der Waals surface area contributed by atoms with Crippen molar-refractivity contribution in [1.82, 2.24) is 9.38 Å². The van der Waals surface area contributed by atoms with E-state index in [2.05, 4.69) is 4.98 Å². The lowest BCUT2D eigenvalue weighted by Crippen LogP contribution is -1.92. The molecule has 0 atom stereocenters. The monoisotopic (exact) mass is 269 g/mol. The van der Waals surface area contributed by atoms with Crippen molar-refractivity contribution < 1.29 is 9.66 Å². The highest BCUT2D eigenvalue weighted by Crippen LogP contribution is 2.28. The summed E-state index contributed by atoms with van der Waals surface area (Å²) in [5.41, 5.74) is 1.54. The van der Waals surface area contributed by atoms with Gasteiger partial charge in [-0.25, -0.2) is 4.98 Å². The summed E-state index contributed by atoms with van der Waals surface area (Å²) in [6, 6.07) is 8.14. The largest absolute Gasteiger partial charge is 0.457 e. The van der Waals surface area contributed by atoms with E-state index >= 15 is 0 Å². The molecular formula is C14H11N3O3. The van der Waals surface area contributed by atoms with Gasteiger partial charge in [-0.3, -0.25) is 10.1 Å². The zero-order valence-electron chi connectivity index (χ0n) is 10.7. The van der Waals surface area contributed by atoms with Crippen LogP contribution in [0.2, 0.25) is 0 Å². The molecule has 0 aliphatic heterocycles. The quantitative estimate of drug-likeness (QED) is 0.540. The summed E-state index contributed by atoms with van der Waals surface area (Å²) in [5, 5.41) is 10.7. The van der Waals surface area contributed by atoms with Crippen LogP contribution in [0.25, 0.3) is 5.65 Å². The van der Waals surface area contributed by atoms with Crippen LogP contribution in [0.5, 0.6) is 11.5 Å². The summed E-state index contributed by atoms with van der Waals surface area (Å²) in [5.74, 6) is 1.23. The normalized spacial score (nSPS) is 10.7. The molecule has 20 heavy (non-hydrogen) atoms. The number of aryl methyl sites for hydroxylation is 1. The predicted octanol–water partition coefficient (Wildman–Crippen LogP) is 3.34. The van der Waals surface area contributed by atoms with Crippen molar-refractivity contribution in [1.29, 1.82) is 0 Å². The number of imidazole rings is 1. The van der Waals surface area contributed by atoms with E-state index < -0.39 is 4.92 Å². The first-order valence-electron chi connectivity index (χ1n) is 5.99. The lowest BCUT2D eigenvalue weighted by Gasteiger charge is -2.08. The van der Waals surface area contributed by atoms with Crippen LogP contribution < -0.4 is 4.74 Å². The van der Waals surface area contributed by atoms with Crippen molar-refractivity contribution in [3.8, 4) is 11.5 Å². The third-order valence-electron chi connectivity index (χ3n) is 2.97. The lowest BCUT2D eigenvalue weighted by atomic mass is 10.2. The summed E-state index contributed by atoms with van der Waals surface area (Å²) in [6.07, 6.45) is 5.39. The van der Waals surface area contributed by atoms with Gasteiger partial charge in [0.15, 0.2) is 0 Å². The molecule has 2 heterocycles. The second kappa shape index (κ2) is 4.65. The molecule has 1 aromatic carbocycles.